The van der Waals surface area contributed by atoms with Gasteiger partial charge in [-0.15, -0.1) is 0 Å². The van der Waals surface area contributed by atoms with Crippen LogP contribution in [0.1, 0.15) is 41.5 Å². The Balaban J connectivity index is 2.12. The van der Waals surface area contributed by atoms with E-state index in [4.69, 9.17) is 22.3 Å². The Hall–Kier alpha value is -4.31. The van der Waals surface area contributed by atoms with Crippen LogP contribution in [0.5, 0.6) is 0 Å². The number of fused-ring (bicyclic) bond motifs is 1. The van der Waals surface area contributed by atoms with Crippen molar-refractivity contribution in [3.8, 4) is 11.3 Å². The molecule has 2 atom stereocenters. The van der Waals surface area contributed by atoms with E-state index < -0.39 is 11.5 Å². The molecular formula is C32H37ClFN7O2. The number of nitrogens with zero attached hydrogens (tertiary/aromatic N) is 6. The van der Waals surface area contributed by atoms with E-state index in [1.807, 2.05) is 52.5 Å². The largest absolute Gasteiger partial charge is 0.398 e. The highest BCUT2D eigenvalue weighted by atomic mass is 35.5. The number of benzene rings is 1. The van der Waals surface area contributed by atoms with Crippen LogP contribution < -0.4 is 16.3 Å². The number of nitrogen functional groups attached to an aromatic ring is 1. The molecule has 2 N–H and O–H groups in total. The predicted octanol–water partition coefficient (Wildman–Crippen LogP) is 5.94. The summed E-state index contributed by atoms with van der Waals surface area (Å²) < 4.78 is 16.6. The van der Waals surface area contributed by atoms with E-state index in [1.54, 1.807) is 17.0 Å². The summed E-state index contributed by atoms with van der Waals surface area (Å²) in [6.07, 6.45) is 3.16. The van der Waals surface area contributed by atoms with Gasteiger partial charge in [0.1, 0.15) is 11.6 Å². The number of aliphatic imine (C=N–C) groups is 1. The maximum absolute atomic E-state index is 15.2. The second-order valence-electron chi connectivity index (χ2n) is 11.0. The molecule has 1 fully saturated rings. The normalized spacial score (nSPS) is 18.2. The summed E-state index contributed by atoms with van der Waals surface area (Å²) >= 11 is 6.80. The number of anilines is 2. The number of hydrogen-bond acceptors (Lipinski definition) is 7. The number of allylic oxidation sites excluding steroid dienone is 4. The smallest absolute Gasteiger partial charge is 0.355 e. The van der Waals surface area contributed by atoms with Crippen LogP contribution in [0.2, 0.25) is 5.02 Å². The van der Waals surface area contributed by atoms with E-state index in [-0.39, 0.29) is 51.5 Å². The first-order chi connectivity index (χ1) is 20.4. The molecule has 0 spiro atoms. The predicted molar refractivity (Wildman–Crippen MR) is 174 cm³/mol. The van der Waals surface area contributed by atoms with Crippen molar-refractivity contribution in [1.82, 2.24) is 19.4 Å². The van der Waals surface area contributed by atoms with Gasteiger partial charge in [0.2, 0.25) is 5.91 Å². The average molecular weight is 606 g/mol. The van der Waals surface area contributed by atoms with Crippen LogP contribution >= 0.6 is 11.6 Å². The molecule has 9 nitrogen and oxygen atoms in total. The molecule has 1 aromatic carbocycles. The van der Waals surface area contributed by atoms with Crippen LogP contribution in [0.25, 0.3) is 28.0 Å². The van der Waals surface area contributed by atoms with Crippen molar-refractivity contribution in [3.05, 3.63) is 75.6 Å². The minimum Gasteiger partial charge on any atom is -0.398 e. The van der Waals surface area contributed by atoms with Gasteiger partial charge in [0, 0.05) is 30.9 Å². The molecule has 4 rings (SSSR count). The zero-order valence-corrected chi connectivity index (χ0v) is 26.1. The van der Waals surface area contributed by atoms with E-state index in [2.05, 4.69) is 23.3 Å². The van der Waals surface area contributed by atoms with Crippen molar-refractivity contribution < 1.29 is 9.18 Å². The monoisotopic (exact) mass is 605 g/mol. The first-order valence-corrected chi connectivity index (χ1v) is 14.5. The van der Waals surface area contributed by atoms with Crippen LogP contribution in [-0.4, -0.2) is 57.2 Å². The highest BCUT2D eigenvalue weighted by molar-refractivity contribution is 6.34. The minimum atomic E-state index is -0.604. The fourth-order valence-corrected chi connectivity index (χ4v) is 5.96. The topological polar surface area (TPSA) is 110 Å². The number of amides is 1. The fourth-order valence-electron chi connectivity index (χ4n) is 5.71. The maximum Gasteiger partial charge on any atom is 0.355 e. The van der Waals surface area contributed by atoms with Crippen molar-refractivity contribution in [2.45, 2.75) is 53.6 Å². The van der Waals surface area contributed by atoms with Gasteiger partial charge >= 0.3 is 5.69 Å². The number of aromatic nitrogens is 3. The van der Waals surface area contributed by atoms with Crippen LogP contribution in [0.3, 0.4) is 0 Å². The molecule has 0 unspecified atom stereocenters. The van der Waals surface area contributed by atoms with E-state index in [0.717, 1.165) is 5.57 Å². The molecule has 11 heteroatoms. The summed E-state index contributed by atoms with van der Waals surface area (Å²) in [4.78, 5) is 44.1. The summed E-state index contributed by atoms with van der Waals surface area (Å²) in [6.45, 7) is 19.7. The lowest BCUT2D eigenvalue weighted by atomic mass is 10.0. The number of carbonyl (C=O) groups is 1. The number of nitrogens with two attached hydrogens (primary N) is 1. The maximum atomic E-state index is 15.2. The summed E-state index contributed by atoms with van der Waals surface area (Å²) in [5.41, 5.74) is 7.86. The minimum absolute atomic E-state index is 0.0322. The van der Waals surface area contributed by atoms with Crippen molar-refractivity contribution in [3.63, 3.8) is 0 Å². The molecule has 0 aliphatic carbocycles. The van der Waals surface area contributed by atoms with Gasteiger partial charge in [0.15, 0.2) is 5.65 Å². The molecule has 3 aromatic rings. The second kappa shape index (κ2) is 12.5. The van der Waals surface area contributed by atoms with Crippen molar-refractivity contribution >= 4 is 52.5 Å². The Morgan fingerprint density at radius 2 is 1.88 bits per heavy atom. The number of carbonyl (C=O) groups excluding carboxylic acids is 1. The van der Waals surface area contributed by atoms with Crippen molar-refractivity contribution in [2.24, 2.45) is 10.9 Å². The van der Waals surface area contributed by atoms with Gasteiger partial charge in [-0.25, -0.2) is 18.7 Å². The van der Waals surface area contributed by atoms with E-state index >= 15 is 4.39 Å². The molecule has 226 valence electrons. The highest BCUT2D eigenvalue weighted by Gasteiger charge is 2.34. The second-order valence-corrected chi connectivity index (χ2v) is 11.4. The zero-order valence-electron chi connectivity index (χ0n) is 25.4. The number of pyridine rings is 1. The molecule has 3 heterocycles. The Bertz CT molecular complexity index is 1710. The van der Waals surface area contributed by atoms with E-state index in [9.17, 15) is 9.59 Å². The first-order valence-electron chi connectivity index (χ1n) is 14.1. The van der Waals surface area contributed by atoms with Crippen molar-refractivity contribution in [2.75, 3.05) is 23.7 Å². The third-order valence-electron chi connectivity index (χ3n) is 7.72. The fraction of sp³-hybridized carbons (Fsp3) is 0.344. The van der Waals surface area contributed by atoms with Gasteiger partial charge in [-0.1, -0.05) is 44.2 Å². The molecular weight excluding hydrogens is 569 g/mol. The molecule has 2 aromatic heterocycles. The lowest BCUT2D eigenvalue weighted by Crippen LogP contribution is -2.58. The lowest BCUT2D eigenvalue weighted by Gasteiger charge is -2.44. The Labute approximate surface area is 255 Å². The summed E-state index contributed by atoms with van der Waals surface area (Å²) in [5, 5.41) is 0.609. The summed E-state index contributed by atoms with van der Waals surface area (Å²) in [7, 11) is 0. The van der Waals surface area contributed by atoms with Gasteiger partial charge < -0.3 is 15.5 Å². The molecule has 1 amide bonds. The number of halogens is 2. The van der Waals surface area contributed by atoms with Gasteiger partial charge in [0.25, 0.3) is 0 Å². The standard InChI is InChI=1S/C32H37ClFN7O2/c1-9-18(5)29(27(36-8)17(3)4)41-31-21(14-22(33)28(37-31)26-23(34)12-11-13-24(26)35)30(38-32(41)43)39-15-19(6)40(20(7)16-39)25(42)10-2/h9-14,17,19-20H,2,8,15-16,35H2,1,3-7H3/b18-9-,29-27+/t19-,20+. The number of piperazine rings is 1. The quantitative estimate of drug-likeness (QED) is 0.155. The molecule has 0 saturated carbocycles. The summed E-state index contributed by atoms with van der Waals surface area (Å²) in [6, 6.07) is 5.58. The Kier molecular flexibility index (Phi) is 9.20. The van der Waals surface area contributed by atoms with Crippen molar-refractivity contribution in [1.29, 1.82) is 0 Å². The number of hydrogen-bond donors (Lipinski definition) is 1. The molecule has 1 saturated heterocycles. The van der Waals surface area contributed by atoms with Crippen LogP contribution in [0.15, 0.2) is 64.1 Å². The van der Waals surface area contributed by atoms with E-state index in [1.165, 1.54) is 22.8 Å². The molecule has 1 aliphatic rings. The van der Waals surface area contributed by atoms with Gasteiger partial charge in [-0.05, 0) is 70.2 Å². The molecule has 43 heavy (non-hydrogen) atoms. The van der Waals surface area contributed by atoms with E-state index in [0.29, 0.717) is 35.7 Å². The molecule has 0 radical (unpaired) electrons. The molecule has 1 aliphatic heterocycles. The number of rotatable bonds is 7. The van der Waals surface area contributed by atoms with Gasteiger partial charge in [-0.3, -0.25) is 9.79 Å². The lowest BCUT2D eigenvalue weighted by molar-refractivity contribution is -0.130. The van der Waals surface area contributed by atoms with Crippen LogP contribution in [0.4, 0.5) is 15.9 Å². The third-order valence-corrected chi connectivity index (χ3v) is 8.01. The van der Waals surface area contributed by atoms with Crippen LogP contribution in [-0.2, 0) is 4.79 Å². The van der Waals surface area contributed by atoms with Gasteiger partial charge in [-0.2, -0.15) is 4.98 Å². The average Bonchev–Trinajstić information content (AvgIpc) is 2.95. The summed E-state index contributed by atoms with van der Waals surface area (Å²) in [5.74, 6) is -0.508. The van der Waals surface area contributed by atoms with Crippen LogP contribution in [0, 0.1) is 11.7 Å². The SMILES string of the molecule is C=CC(=O)N1[C@H](C)CN(c2nc(=O)n(C(/C(C)=C\C)=C(/N=C)C(C)C)c3nc(-c4c(N)cccc4F)c(Cl)cc23)C[C@@H]1C. The first kappa shape index (κ1) is 31.6. The Morgan fingerprint density at radius 1 is 1.23 bits per heavy atom. The van der Waals surface area contributed by atoms with Gasteiger partial charge in [0.05, 0.1) is 33.1 Å². The zero-order chi connectivity index (χ0) is 31.7. The Morgan fingerprint density at radius 3 is 2.42 bits per heavy atom. The molecule has 0 bridgehead atoms. The highest BCUT2D eigenvalue weighted by Crippen LogP contribution is 2.38. The third kappa shape index (κ3) is 5.71.